The predicted octanol–water partition coefficient (Wildman–Crippen LogP) is -0.701. The Morgan fingerprint density at radius 3 is 2.42 bits per heavy atom. The summed E-state index contributed by atoms with van der Waals surface area (Å²) >= 11 is 0. The number of nitrogens with zero attached hydrogens (tertiary/aromatic N) is 7. The molecular weight excluding hydrogens is 649 g/mol. The second-order valence-corrected chi connectivity index (χ2v) is 13.4. The fourth-order valence-electron chi connectivity index (χ4n) is 5.82. The molecular formula is C21H25FN10O11P2. The van der Waals surface area contributed by atoms with Crippen molar-refractivity contribution in [3.8, 4) is 0 Å². The molecule has 4 aromatic rings. The van der Waals surface area contributed by atoms with Crippen LogP contribution in [-0.4, -0.2) is 97.7 Å². The number of nitrogens with one attached hydrogen (secondary N) is 1. The number of ether oxygens (including phenoxy) is 1. The monoisotopic (exact) mass is 674 g/mol. The second kappa shape index (κ2) is 10.8. The number of phosphoric acid groups is 2. The number of aromatic amines is 1. The Morgan fingerprint density at radius 2 is 1.64 bits per heavy atom. The molecule has 0 amide bonds. The van der Waals surface area contributed by atoms with Crippen molar-refractivity contribution in [3.05, 3.63) is 29.3 Å². The number of alkyl halides is 1. The minimum absolute atomic E-state index is 0.00599. The van der Waals surface area contributed by atoms with Gasteiger partial charge in [0.1, 0.15) is 36.3 Å². The molecule has 4 aromatic heterocycles. The molecule has 21 nitrogen and oxygen atoms in total. The summed E-state index contributed by atoms with van der Waals surface area (Å²) in [7, 11) is -10.1. The zero-order valence-electron chi connectivity index (χ0n) is 22.6. The van der Waals surface area contributed by atoms with E-state index in [0.717, 1.165) is 10.9 Å². The van der Waals surface area contributed by atoms with E-state index in [-0.39, 0.29) is 40.5 Å². The fraction of sp³-hybridized carbons (Fsp3) is 0.524. The van der Waals surface area contributed by atoms with Gasteiger partial charge in [0.15, 0.2) is 35.0 Å². The maximum Gasteiger partial charge on any atom is 0.472 e. The van der Waals surface area contributed by atoms with E-state index in [1.54, 1.807) is 0 Å². The third kappa shape index (κ3) is 5.31. The average molecular weight is 674 g/mol. The number of nitrogens with two attached hydrogens (primary N) is 2. The third-order valence-electron chi connectivity index (χ3n) is 7.84. The second-order valence-electron chi connectivity index (χ2n) is 10.6. The highest BCUT2D eigenvalue weighted by molar-refractivity contribution is 7.47. The van der Waals surface area contributed by atoms with E-state index in [9.17, 15) is 28.8 Å². The highest BCUT2D eigenvalue weighted by Crippen LogP contribution is 2.55. The first-order valence-electron chi connectivity index (χ1n) is 13.3. The number of rotatable bonds is 2. The van der Waals surface area contributed by atoms with Crippen LogP contribution in [0, 0.1) is 5.92 Å². The number of hydrogen-bond donors (Lipinski definition) is 6. The zero-order valence-corrected chi connectivity index (χ0v) is 24.4. The minimum atomic E-state index is -5.05. The van der Waals surface area contributed by atoms with Gasteiger partial charge < -0.3 is 35.7 Å². The number of aromatic nitrogens is 8. The summed E-state index contributed by atoms with van der Waals surface area (Å²) in [4.78, 5) is 55.7. The van der Waals surface area contributed by atoms with Gasteiger partial charge in [0, 0.05) is 5.92 Å². The minimum Gasteiger partial charge on any atom is -0.388 e. The van der Waals surface area contributed by atoms with Crippen molar-refractivity contribution < 1.29 is 51.2 Å². The van der Waals surface area contributed by atoms with Gasteiger partial charge in [0.25, 0.3) is 5.56 Å². The van der Waals surface area contributed by atoms with Crippen LogP contribution in [-0.2, 0) is 32.0 Å². The number of aliphatic hydroxyl groups is 1. The zero-order chi connectivity index (χ0) is 31.8. The molecule has 0 radical (unpaired) electrons. The molecule has 1 saturated carbocycles. The lowest BCUT2D eigenvalue weighted by Gasteiger charge is -2.28. The first kappa shape index (κ1) is 30.2. The van der Waals surface area contributed by atoms with Crippen molar-refractivity contribution in [2.75, 3.05) is 24.7 Å². The predicted molar refractivity (Wildman–Crippen MR) is 146 cm³/mol. The van der Waals surface area contributed by atoms with Crippen molar-refractivity contribution in [2.45, 2.75) is 49.3 Å². The highest BCUT2D eigenvalue weighted by Gasteiger charge is 2.54. The van der Waals surface area contributed by atoms with Gasteiger partial charge in [-0.2, -0.15) is 4.98 Å². The van der Waals surface area contributed by atoms with E-state index in [0.29, 0.717) is 0 Å². The van der Waals surface area contributed by atoms with Crippen LogP contribution in [0.1, 0.15) is 18.7 Å². The molecule has 24 heteroatoms. The van der Waals surface area contributed by atoms with E-state index < -0.39 is 83.2 Å². The summed E-state index contributed by atoms with van der Waals surface area (Å²) < 4.78 is 71.1. The number of fused-ring (bicyclic) bond motifs is 4. The van der Waals surface area contributed by atoms with Gasteiger partial charge in [-0.05, 0) is 6.42 Å². The molecule has 1 aliphatic carbocycles. The van der Waals surface area contributed by atoms with Crippen molar-refractivity contribution in [3.63, 3.8) is 0 Å². The standard InChI is InChI=1S/C21H25FN10O11P2/c22-10-15-9(41-20(10)32-6-27-11-16(23)25-4-26-17(11)32)3-40-45(37,38)42-14-7(2-39-44(35,36)43-15)1-8(13(14)33)31-5-28-12-18(31)29-21(24)30-19(12)34/h4-10,13-15,20,33H,1-3H2,(H,35,36)(H,37,38)(H2,23,25,26)(H3,24,29,30,34). The van der Waals surface area contributed by atoms with Gasteiger partial charge in [-0.15, -0.1) is 0 Å². The first-order valence-corrected chi connectivity index (χ1v) is 16.3. The topological polar surface area (TPSA) is 300 Å². The Hall–Kier alpha value is -3.43. The van der Waals surface area contributed by atoms with Crippen LogP contribution < -0.4 is 17.0 Å². The van der Waals surface area contributed by atoms with Crippen LogP contribution in [0.4, 0.5) is 16.2 Å². The third-order valence-corrected chi connectivity index (χ3v) is 9.81. The van der Waals surface area contributed by atoms with Crippen molar-refractivity contribution >= 4 is 49.7 Å². The lowest BCUT2D eigenvalue weighted by molar-refractivity contribution is -0.0592. The molecule has 6 heterocycles. The molecule has 45 heavy (non-hydrogen) atoms. The number of nitrogen functional groups attached to an aromatic ring is 2. The molecule has 10 atom stereocenters. The van der Waals surface area contributed by atoms with Gasteiger partial charge in [-0.1, -0.05) is 0 Å². The number of aliphatic hydroxyl groups excluding tert-OH is 1. The molecule has 10 unspecified atom stereocenters. The molecule has 8 N–H and O–H groups in total. The Bertz CT molecular complexity index is 1940. The smallest absolute Gasteiger partial charge is 0.388 e. The van der Waals surface area contributed by atoms with Gasteiger partial charge in [-0.3, -0.25) is 32.4 Å². The molecule has 7 rings (SSSR count). The number of hydrogen-bond acceptors (Lipinski definition) is 16. The molecule has 3 aliphatic rings. The van der Waals surface area contributed by atoms with Crippen LogP contribution >= 0.6 is 15.6 Å². The molecule has 0 bridgehead atoms. The Morgan fingerprint density at radius 1 is 0.956 bits per heavy atom. The van der Waals surface area contributed by atoms with E-state index in [2.05, 4.69) is 29.9 Å². The summed E-state index contributed by atoms with van der Waals surface area (Å²) in [5, 5.41) is 11.2. The fourth-order valence-corrected chi connectivity index (χ4v) is 7.82. The summed E-state index contributed by atoms with van der Waals surface area (Å²) in [6.07, 6.45) is -6.76. The first-order chi connectivity index (χ1) is 21.3. The summed E-state index contributed by atoms with van der Waals surface area (Å²) in [6.45, 7) is -1.51. The number of phosphoric ester groups is 2. The largest absolute Gasteiger partial charge is 0.472 e. The molecule has 0 spiro atoms. The molecule has 3 fully saturated rings. The number of halogens is 1. The van der Waals surface area contributed by atoms with Crippen LogP contribution in [0.3, 0.4) is 0 Å². The van der Waals surface area contributed by atoms with E-state index in [4.69, 9.17) is 34.3 Å². The van der Waals surface area contributed by atoms with Gasteiger partial charge in [-0.25, -0.2) is 33.5 Å². The van der Waals surface area contributed by atoms with Crippen LogP contribution in [0.15, 0.2) is 23.8 Å². The number of anilines is 2. The maximum atomic E-state index is 15.9. The Kier molecular flexibility index (Phi) is 7.28. The Balaban J connectivity index is 1.17. The Labute approximate surface area is 249 Å². The van der Waals surface area contributed by atoms with E-state index in [1.165, 1.54) is 17.2 Å². The lowest BCUT2D eigenvalue weighted by Crippen LogP contribution is -2.36. The molecule has 2 aliphatic heterocycles. The highest BCUT2D eigenvalue weighted by atomic mass is 31.2. The average Bonchev–Trinajstić information content (AvgIpc) is 3.72. The van der Waals surface area contributed by atoms with Crippen molar-refractivity contribution in [1.29, 1.82) is 0 Å². The molecule has 2 saturated heterocycles. The van der Waals surface area contributed by atoms with E-state index in [1.807, 2.05) is 0 Å². The summed E-state index contributed by atoms with van der Waals surface area (Å²) in [6, 6.07) is -0.979. The quantitative estimate of drug-likeness (QED) is 0.143. The van der Waals surface area contributed by atoms with E-state index >= 15 is 4.39 Å². The number of imidazole rings is 2. The normalized spacial score (nSPS) is 37.7. The van der Waals surface area contributed by atoms with Crippen molar-refractivity contribution in [1.82, 2.24) is 39.0 Å². The van der Waals surface area contributed by atoms with Crippen molar-refractivity contribution in [2.24, 2.45) is 5.92 Å². The SMILES string of the molecule is Nc1nc2c(ncn2C2CC3COP(=O)(O)OC4C(COP(=O)(O)OC3C2O)OC(n2cnc3c(N)ncnc32)C4F)c(=O)[nH]1. The lowest BCUT2D eigenvalue weighted by atomic mass is 10.1. The number of H-pyrrole nitrogens is 1. The van der Waals surface area contributed by atoms with Crippen LogP contribution in [0.2, 0.25) is 0 Å². The van der Waals surface area contributed by atoms with Crippen LogP contribution in [0.25, 0.3) is 22.3 Å². The summed E-state index contributed by atoms with van der Waals surface area (Å²) in [5.74, 6) is -1.24. The van der Waals surface area contributed by atoms with Gasteiger partial charge in [0.05, 0.1) is 31.9 Å². The maximum absolute atomic E-state index is 15.9. The summed E-state index contributed by atoms with van der Waals surface area (Å²) in [5.41, 5.74) is 11.0. The molecule has 242 valence electrons. The van der Waals surface area contributed by atoms with Crippen LogP contribution in [0.5, 0.6) is 0 Å². The van der Waals surface area contributed by atoms with Gasteiger partial charge in [0.2, 0.25) is 5.95 Å². The molecule has 0 aromatic carbocycles. The van der Waals surface area contributed by atoms with Gasteiger partial charge >= 0.3 is 15.6 Å².